The predicted molar refractivity (Wildman–Crippen MR) is 80.1 cm³/mol. The number of unbranched alkanes of at least 4 members (excludes halogenated alkanes) is 3. The van der Waals surface area contributed by atoms with E-state index in [1.807, 2.05) is 0 Å². The normalized spacial score (nSPS) is 20.5. The maximum atomic E-state index is 6.10. The van der Waals surface area contributed by atoms with Crippen molar-refractivity contribution in [1.82, 2.24) is 0 Å². The van der Waals surface area contributed by atoms with Crippen LogP contribution in [0.4, 0.5) is 0 Å². The Hall–Kier alpha value is -0.0400. The minimum absolute atomic E-state index is 0.574. The van der Waals surface area contributed by atoms with Gasteiger partial charge in [-0.15, -0.1) is 0 Å². The lowest BCUT2D eigenvalue weighted by Crippen LogP contribution is -2.14. The van der Waals surface area contributed by atoms with Gasteiger partial charge in [-0.1, -0.05) is 77.6 Å². The molecule has 0 radical (unpaired) electrons. The summed E-state index contributed by atoms with van der Waals surface area (Å²) in [5.74, 6) is 0. The quantitative estimate of drug-likeness (QED) is 0.539. The van der Waals surface area contributed by atoms with E-state index in [0.717, 1.165) is 6.61 Å². The Morgan fingerprint density at radius 2 is 1.28 bits per heavy atom. The van der Waals surface area contributed by atoms with Crippen LogP contribution in [0.2, 0.25) is 0 Å². The second kappa shape index (κ2) is 12.0. The van der Waals surface area contributed by atoms with Crippen molar-refractivity contribution in [3.05, 3.63) is 0 Å². The second-order valence-electron chi connectivity index (χ2n) is 5.96. The van der Waals surface area contributed by atoms with Crippen molar-refractivity contribution in [2.75, 3.05) is 6.61 Å². The highest BCUT2D eigenvalue weighted by atomic mass is 16.5. The highest BCUT2D eigenvalue weighted by Gasteiger charge is 2.09. The third-order valence-electron chi connectivity index (χ3n) is 4.15. The summed E-state index contributed by atoms with van der Waals surface area (Å²) >= 11 is 0. The van der Waals surface area contributed by atoms with Crippen LogP contribution in [0.15, 0.2) is 0 Å². The van der Waals surface area contributed by atoms with Crippen molar-refractivity contribution in [3.8, 4) is 0 Å². The van der Waals surface area contributed by atoms with E-state index >= 15 is 0 Å². The average Bonchev–Trinajstić information content (AvgIpc) is 2.44. The Morgan fingerprint density at radius 3 is 1.83 bits per heavy atom. The summed E-state index contributed by atoms with van der Waals surface area (Å²) < 4.78 is 6.10. The fraction of sp³-hybridized carbons (Fsp3) is 1.00. The Balaban J connectivity index is 2.10. The van der Waals surface area contributed by atoms with Crippen LogP contribution in [0.3, 0.4) is 0 Å². The Bertz CT molecular complexity index is 155. The summed E-state index contributed by atoms with van der Waals surface area (Å²) in [5, 5.41) is 0. The predicted octanol–water partition coefficient (Wildman–Crippen LogP) is 5.87. The highest BCUT2D eigenvalue weighted by molar-refractivity contribution is 4.61. The molecule has 108 valence electrons. The van der Waals surface area contributed by atoms with Gasteiger partial charge in [0.25, 0.3) is 0 Å². The van der Waals surface area contributed by atoms with Crippen molar-refractivity contribution in [2.24, 2.45) is 0 Å². The molecule has 1 aliphatic carbocycles. The van der Waals surface area contributed by atoms with Gasteiger partial charge in [-0.2, -0.15) is 0 Å². The summed E-state index contributed by atoms with van der Waals surface area (Å²) in [6.07, 6.45) is 20.0. The molecule has 0 spiro atoms. The molecule has 0 bridgehead atoms. The number of rotatable bonds is 6. The largest absolute Gasteiger partial charge is 0.378 e. The molecule has 0 unspecified atom stereocenters. The van der Waals surface area contributed by atoms with Crippen LogP contribution in [0, 0.1) is 0 Å². The van der Waals surface area contributed by atoms with Crippen molar-refractivity contribution in [3.63, 3.8) is 0 Å². The molecule has 0 N–H and O–H groups in total. The van der Waals surface area contributed by atoms with E-state index < -0.39 is 0 Å². The van der Waals surface area contributed by atoms with Gasteiger partial charge in [0, 0.05) is 6.61 Å². The zero-order valence-corrected chi connectivity index (χ0v) is 12.6. The standard InChI is InChI=1S/C17H34O/c1-2-3-4-13-16-18-17-14-11-9-7-5-6-8-10-12-15-17/h17H,2-16H2,1H3. The first kappa shape index (κ1) is 16.0. The topological polar surface area (TPSA) is 9.23 Å². The fourth-order valence-electron chi connectivity index (χ4n) is 2.89. The molecular formula is C17H34O. The van der Waals surface area contributed by atoms with Gasteiger partial charge in [0.05, 0.1) is 6.10 Å². The van der Waals surface area contributed by atoms with Crippen LogP contribution >= 0.6 is 0 Å². The van der Waals surface area contributed by atoms with Crippen molar-refractivity contribution in [2.45, 2.75) is 103 Å². The molecule has 0 amide bonds. The summed E-state index contributed by atoms with van der Waals surface area (Å²) in [7, 11) is 0. The summed E-state index contributed by atoms with van der Waals surface area (Å²) in [4.78, 5) is 0. The van der Waals surface area contributed by atoms with Crippen LogP contribution in [-0.4, -0.2) is 12.7 Å². The summed E-state index contributed by atoms with van der Waals surface area (Å²) in [6, 6.07) is 0. The van der Waals surface area contributed by atoms with Crippen LogP contribution in [0.5, 0.6) is 0 Å². The monoisotopic (exact) mass is 254 g/mol. The lowest BCUT2D eigenvalue weighted by Gasteiger charge is -2.17. The molecule has 0 heterocycles. The van der Waals surface area contributed by atoms with Gasteiger partial charge in [-0.3, -0.25) is 0 Å². The Kier molecular flexibility index (Phi) is 10.7. The summed E-state index contributed by atoms with van der Waals surface area (Å²) in [6.45, 7) is 3.27. The molecule has 18 heavy (non-hydrogen) atoms. The second-order valence-corrected chi connectivity index (χ2v) is 5.96. The van der Waals surface area contributed by atoms with Gasteiger partial charge < -0.3 is 4.74 Å². The van der Waals surface area contributed by atoms with Crippen molar-refractivity contribution < 1.29 is 4.74 Å². The minimum Gasteiger partial charge on any atom is -0.378 e. The van der Waals surface area contributed by atoms with E-state index in [0.29, 0.717) is 6.10 Å². The molecular weight excluding hydrogens is 220 g/mol. The van der Waals surface area contributed by atoms with Crippen LogP contribution in [0.1, 0.15) is 96.8 Å². The smallest absolute Gasteiger partial charge is 0.0575 e. The maximum Gasteiger partial charge on any atom is 0.0575 e. The SMILES string of the molecule is CCCCCCOC1CCCCCCCCCC1. The van der Waals surface area contributed by atoms with E-state index in [9.17, 15) is 0 Å². The Labute approximate surface area is 115 Å². The van der Waals surface area contributed by atoms with E-state index in [-0.39, 0.29) is 0 Å². The van der Waals surface area contributed by atoms with E-state index in [4.69, 9.17) is 4.74 Å². The Morgan fingerprint density at radius 1 is 0.722 bits per heavy atom. The van der Waals surface area contributed by atoms with Gasteiger partial charge >= 0.3 is 0 Å². The molecule has 0 aromatic rings. The molecule has 1 aliphatic rings. The van der Waals surface area contributed by atoms with E-state index in [2.05, 4.69) is 6.92 Å². The third-order valence-corrected chi connectivity index (χ3v) is 4.15. The molecule has 0 aromatic carbocycles. The summed E-state index contributed by atoms with van der Waals surface area (Å²) in [5.41, 5.74) is 0. The number of hydrogen-bond acceptors (Lipinski definition) is 1. The highest BCUT2D eigenvalue weighted by Crippen LogP contribution is 2.19. The molecule has 0 aliphatic heterocycles. The van der Waals surface area contributed by atoms with E-state index in [1.165, 1.54) is 89.9 Å². The molecule has 0 atom stereocenters. The van der Waals surface area contributed by atoms with Crippen molar-refractivity contribution in [1.29, 1.82) is 0 Å². The zero-order valence-electron chi connectivity index (χ0n) is 12.6. The molecule has 1 heteroatoms. The zero-order chi connectivity index (χ0) is 12.9. The van der Waals surface area contributed by atoms with Gasteiger partial charge in [0.1, 0.15) is 0 Å². The first-order valence-electron chi connectivity index (χ1n) is 8.55. The van der Waals surface area contributed by atoms with Gasteiger partial charge in [0.15, 0.2) is 0 Å². The molecule has 1 rings (SSSR count). The molecule has 1 saturated carbocycles. The average molecular weight is 254 g/mol. The van der Waals surface area contributed by atoms with E-state index in [1.54, 1.807) is 0 Å². The van der Waals surface area contributed by atoms with Crippen LogP contribution < -0.4 is 0 Å². The molecule has 1 nitrogen and oxygen atoms in total. The van der Waals surface area contributed by atoms with Gasteiger partial charge in [-0.05, 0) is 19.3 Å². The lowest BCUT2D eigenvalue weighted by atomic mass is 10.1. The number of ether oxygens (including phenoxy) is 1. The molecule has 0 saturated heterocycles. The first-order chi connectivity index (χ1) is 8.93. The van der Waals surface area contributed by atoms with Crippen LogP contribution in [-0.2, 0) is 4.74 Å². The van der Waals surface area contributed by atoms with Crippen LogP contribution in [0.25, 0.3) is 0 Å². The first-order valence-corrected chi connectivity index (χ1v) is 8.55. The number of hydrogen-bond donors (Lipinski definition) is 0. The fourth-order valence-corrected chi connectivity index (χ4v) is 2.89. The van der Waals surface area contributed by atoms with Gasteiger partial charge in [0.2, 0.25) is 0 Å². The lowest BCUT2D eigenvalue weighted by molar-refractivity contribution is 0.0361. The maximum absolute atomic E-state index is 6.10. The van der Waals surface area contributed by atoms with Crippen molar-refractivity contribution >= 4 is 0 Å². The minimum atomic E-state index is 0.574. The van der Waals surface area contributed by atoms with Gasteiger partial charge in [-0.25, -0.2) is 0 Å². The molecule has 0 aromatic heterocycles. The third kappa shape index (κ3) is 8.97. The molecule has 1 fully saturated rings.